The molecule has 8 N–H and O–H groups in total. The second-order valence-corrected chi connectivity index (χ2v) is 28.6. The summed E-state index contributed by atoms with van der Waals surface area (Å²) in [6.07, 6.45) is -1.51. The van der Waals surface area contributed by atoms with Crippen molar-refractivity contribution in [2.75, 3.05) is 6.61 Å². The predicted octanol–water partition coefficient (Wildman–Crippen LogP) is 9.09. The number of fused-ring (bicyclic) bond motifs is 25. The van der Waals surface area contributed by atoms with Gasteiger partial charge in [0, 0.05) is 74.6 Å². The van der Waals surface area contributed by atoms with Crippen LogP contribution in [0, 0.1) is 34.5 Å². The van der Waals surface area contributed by atoms with Crippen LogP contribution < -0.4 is 0 Å². The third-order valence-corrected chi connectivity index (χ3v) is 23.4. The zero-order valence-electron chi connectivity index (χ0n) is 53.8. The molecule has 7 fully saturated rings. The van der Waals surface area contributed by atoms with Gasteiger partial charge in [0.15, 0.2) is 42.2 Å². The van der Waals surface area contributed by atoms with Gasteiger partial charge in [-0.25, -0.2) is 34.7 Å². The third kappa shape index (κ3) is 10.7. The van der Waals surface area contributed by atoms with Crippen LogP contribution in [-0.2, 0) is 38.0 Å². The van der Waals surface area contributed by atoms with E-state index >= 15 is 0 Å². The quantitative estimate of drug-likeness (QED) is 0.0545. The molecule has 22 nitrogen and oxygen atoms in total. The van der Waals surface area contributed by atoms with E-state index in [4.69, 9.17) is 63.1 Å². The summed E-state index contributed by atoms with van der Waals surface area (Å²) in [6.45, 7) is 9.90. The molecule has 0 spiro atoms. The number of esters is 1. The van der Waals surface area contributed by atoms with Gasteiger partial charge in [0.25, 0.3) is 0 Å². The molecule has 22 heteroatoms. The van der Waals surface area contributed by atoms with E-state index in [-0.39, 0.29) is 61.1 Å². The first-order valence-electron chi connectivity index (χ1n) is 33.9. The molecule has 4 saturated carbocycles. The number of aliphatic hydroxyl groups is 6. The highest BCUT2D eigenvalue weighted by atomic mass is 16.7. The van der Waals surface area contributed by atoms with Crippen molar-refractivity contribution in [1.29, 1.82) is 0 Å². The van der Waals surface area contributed by atoms with Crippen LogP contribution in [0.5, 0.6) is 0 Å². The predicted molar refractivity (Wildman–Crippen MR) is 349 cm³/mol. The number of cyclic esters (lactones) is 1. The first-order chi connectivity index (χ1) is 45.8. The fourth-order valence-electron chi connectivity index (χ4n) is 18.4. The van der Waals surface area contributed by atoms with E-state index in [1.165, 1.54) is 0 Å². The van der Waals surface area contributed by atoms with Gasteiger partial charge in [0.2, 0.25) is 0 Å². The number of hydrogen-bond acceptors (Lipinski definition) is 20. The van der Waals surface area contributed by atoms with Crippen molar-refractivity contribution in [2.45, 2.75) is 197 Å². The number of aromatic nitrogens is 8. The van der Waals surface area contributed by atoms with E-state index in [9.17, 15) is 35.4 Å². The van der Waals surface area contributed by atoms with Crippen LogP contribution in [0.4, 0.5) is 0 Å². The van der Waals surface area contributed by atoms with Crippen LogP contribution in [0.3, 0.4) is 0 Å². The summed E-state index contributed by atoms with van der Waals surface area (Å²) in [6, 6.07) is 32.2. The number of hydrogen-bond donors (Lipinski definition) is 8. The van der Waals surface area contributed by atoms with Gasteiger partial charge in [-0.05, 0) is 107 Å². The summed E-state index contributed by atoms with van der Waals surface area (Å²) in [7, 11) is 0. The number of aliphatic hydroxyl groups excluding tert-OH is 5. The second-order valence-electron chi connectivity index (χ2n) is 28.6. The highest BCUT2D eigenvalue weighted by molar-refractivity contribution is 6.06. The number of nitrogens with zero attached hydrogens (tertiary/aromatic N) is 6. The molecular formula is C73H82N8O14. The normalized spacial score (nSPS) is 37.2. The summed E-state index contributed by atoms with van der Waals surface area (Å²) < 4.78 is 42.1. The third-order valence-electron chi connectivity index (χ3n) is 23.4. The molecule has 95 heavy (non-hydrogen) atoms. The highest BCUT2D eigenvalue weighted by Crippen LogP contribution is 2.70. The first-order valence-corrected chi connectivity index (χ1v) is 33.9. The van der Waals surface area contributed by atoms with Gasteiger partial charge in [-0.1, -0.05) is 111 Å². The van der Waals surface area contributed by atoms with Crippen LogP contribution in [0.2, 0.25) is 0 Å². The first kappa shape index (κ1) is 62.8. The van der Waals surface area contributed by atoms with Gasteiger partial charge in [-0.2, -0.15) is 0 Å². The summed E-state index contributed by atoms with van der Waals surface area (Å²) in [4.78, 5) is 48.7. The Balaban J connectivity index is 0.000000157. The van der Waals surface area contributed by atoms with E-state index in [0.29, 0.717) is 64.6 Å². The summed E-state index contributed by atoms with van der Waals surface area (Å²) in [5.41, 5.74) is 5.56. The van der Waals surface area contributed by atoms with Crippen LogP contribution >= 0.6 is 0 Å². The molecule has 17 rings (SSSR count). The smallest absolute Gasteiger partial charge is 0.331 e. The van der Waals surface area contributed by atoms with Crippen molar-refractivity contribution in [1.82, 2.24) is 39.9 Å². The monoisotopic (exact) mass is 1290 g/mol. The van der Waals surface area contributed by atoms with Gasteiger partial charge in [0.05, 0.1) is 54.4 Å². The molecule has 3 aromatic heterocycles. The van der Waals surface area contributed by atoms with Crippen molar-refractivity contribution in [3.05, 3.63) is 109 Å². The minimum Gasteiger partial charge on any atom is -0.458 e. The molecule has 3 saturated heterocycles. The molecule has 7 aromatic rings. The molecule has 0 radical (unpaired) electrons. The van der Waals surface area contributed by atoms with Crippen molar-refractivity contribution in [3.8, 4) is 45.6 Å². The Morgan fingerprint density at radius 1 is 0.505 bits per heavy atom. The van der Waals surface area contributed by atoms with Gasteiger partial charge >= 0.3 is 5.97 Å². The number of H-pyrrole nitrogens is 2. The molecule has 4 aliphatic carbocycles. The summed E-state index contributed by atoms with van der Waals surface area (Å²) in [5.74, 6) is 2.59. The molecule has 0 unspecified atom stereocenters. The number of rotatable bonds is 7. The van der Waals surface area contributed by atoms with Crippen molar-refractivity contribution in [3.63, 3.8) is 0 Å². The van der Waals surface area contributed by atoms with E-state index in [1.807, 2.05) is 111 Å². The lowest BCUT2D eigenvalue weighted by atomic mass is 9.42. The van der Waals surface area contributed by atoms with Crippen LogP contribution in [0.25, 0.3) is 89.7 Å². The fourth-order valence-corrected chi connectivity index (χ4v) is 18.4. The van der Waals surface area contributed by atoms with Gasteiger partial charge in [-0.3, -0.25) is 0 Å². The molecule has 8 bridgehead atoms. The number of aromatic amines is 2. The highest BCUT2D eigenvalue weighted by Gasteiger charge is 2.71. The minimum atomic E-state index is -1.01. The molecule has 10 aliphatic rings. The Bertz CT molecular complexity index is 3980. The second kappa shape index (κ2) is 24.2. The van der Waals surface area contributed by atoms with Crippen molar-refractivity contribution in [2.24, 2.45) is 34.5 Å². The Morgan fingerprint density at radius 2 is 0.958 bits per heavy atom. The SMILES string of the molecule is C[C@H]1O[C@@H](O[C@H]2[C@@H](O)C[C@H](O[C@H]3[C@@H](O)C[C@H](O[C@H]4CC[C@@]5(C)[C@H](CC[C@@H]6[C@@H]5C[C@@H](O)[C@]5(C)[C@@H](C7=CC(=O)OC7)CC[C@]65O)C4)O[C@@H]3C)O[C@@H]2C)C[C@H](O)[C@@H]1O.c1ccc2c(c1)-c1nc-2nc2[nH]c(nc3nc(nc4[nH]c(n1)c1ccccc41)-c1ccccc1-3)c1ccccc21. The van der Waals surface area contributed by atoms with Gasteiger partial charge < -0.3 is 73.8 Å². The van der Waals surface area contributed by atoms with E-state index in [2.05, 4.69) is 16.9 Å². The molecule has 9 heterocycles. The lowest BCUT2D eigenvalue weighted by molar-refractivity contribution is -0.336. The Hall–Kier alpha value is -7.03. The maximum atomic E-state index is 12.6. The topological polar surface area (TPSA) is 312 Å². The van der Waals surface area contributed by atoms with Gasteiger partial charge in [-0.15, -0.1) is 0 Å². The number of carbonyl (C=O) groups is 1. The van der Waals surface area contributed by atoms with Crippen molar-refractivity contribution >= 4 is 50.1 Å². The molecule has 21 atom stereocenters. The lowest BCUT2D eigenvalue weighted by Gasteiger charge is -2.65. The molecule has 498 valence electrons. The number of benzene rings is 4. The maximum Gasteiger partial charge on any atom is 0.331 e. The number of carbonyl (C=O) groups excluding carboxylic acids is 1. The lowest BCUT2D eigenvalue weighted by Crippen LogP contribution is -2.67. The Morgan fingerprint density at radius 3 is 1.41 bits per heavy atom. The number of nitrogens with one attached hydrogen (secondary N) is 2. The summed E-state index contributed by atoms with van der Waals surface area (Å²) >= 11 is 0. The largest absolute Gasteiger partial charge is 0.458 e. The standard InChI is InChI=1S/C41H64O14.C32H18N8/c1-19-36(47)28(42)15-34(50-19)54-38-21(3)52-35(17-30(38)44)55-37-20(2)51-33(16-29(37)43)53-24-8-10-39(4)23(13-24)6-7-26-27(39)14-31(45)40(5)25(9-11-41(26,40)48)22-12-32(46)49-18-22;1-2-10-18-17(9-1)25-33-26(18)38-28-21-13-5-6-14-22(21)30(35-28)40-32-24-16-8-7-15-23(24)31(36-32)39-29-20-12-4-3-11-19(20)27(34-29)37-25/h12,19-21,23-31,33-38,42-45,47-48H,6-11,13-18H2,1-5H3;1-16H,(H2,33,34,35,36,37,38,39,40)/t19-,20-,21-,23-,24+,25-,26-,27+,28+,29+,30+,31-,33+,34+,35+,36-,37-,38-,39+,40+,41+;/m1./s1. The van der Waals surface area contributed by atoms with Crippen LogP contribution in [0.1, 0.15) is 105 Å². The zero-order valence-corrected chi connectivity index (χ0v) is 53.8. The Labute approximate surface area is 548 Å². The molecule has 6 aliphatic heterocycles. The average molecular weight is 1300 g/mol. The van der Waals surface area contributed by atoms with E-state index in [0.717, 1.165) is 87.9 Å². The molecular weight excluding hydrogens is 1210 g/mol. The molecule has 4 aromatic carbocycles. The van der Waals surface area contributed by atoms with Crippen molar-refractivity contribution < 1.29 is 68.6 Å². The van der Waals surface area contributed by atoms with E-state index < -0.39 is 90.9 Å². The zero-order chi connectivity index (χ0) is 65.4. The summed E-state index contributed by atoms with van der Waals surface area (Å²) in [5, 5.41) is 70.7. The van der Waals surface area contributed by atoms with E-state index in [1.54, 1.807) is 19.9 Å². The van der Waals surface area contributed by atoms with Crippen LogP contribution in [0.15, 0.2) is 109 Å². The maximum absolute atomic E-state index is 12.6. The average Bonchev–Trinajstić information content (AvgIpc) is 1.65. The molecule has 0 amide bonds. The Kier molecular flexibility index (Phi) is 16.0. The number of ether oxygens (including phenoxy) is 7. The fraction of sp³-hybridized carbons (Fsp3) is 0.521. The van der Waals surface area contributed by atoms with Gasteiger partial charge in [0.1, 0.15) is 47.5 Å². The minimum absolute atomic E-state index is 0.0452. The van der Waals surface area contributed by atoms with Crippen LogP contribution in [-0.4, -0.2) is 175 Å².